The van der Waals surface area contributed by atoms with Crippen molar-refractivity contribution in [1.82, 2.24) is 15.2 Å². The zero-order chi connectivity index (χ0) is 28.3. The summed E-state index contributed by atoms with van der Waals surface area (Å²) >= 11 is 7.75. The lowest BCUT2D eigenvalue weighted by atomic mass is 9.89. The predicted octanol–water partition coefficient (Wildman–Crippen LogP) is 4.29. The van der Waals surface area contributed by atoms with E-state index in [4.69, 9.17) is 26.1 Å². The van der Waals surface area contributed by atoms with Crippen molar-refractivity contribution in [3.05, 3.63) is 62.5 Å². The van der Waals surface area contributed by atoms with E-state index in [-0.39, 0.29) is 35.2 Å². The van der Waals surface area contributed by atoms with Gasteiger partial charge in [0.05, 0.1) is 36.3 Å². The van der Waals surface area contributed by atoms with Gasteiger partial charge in [-0.15, -0.1) is 11.3 Å². The number of morpholine rings is 1. The number of carboxylic acid groups (broad SMARTS) is 1. The van der Waals surface area contributed by atoms with Gasteiger partial charge in [0, 0.05) is 42.0 Å². The Morgan fingerprint density at radius 3 is 2.77 bits per heavy atom. The molecule has 2 aromatic rings. The molecule has 210 valence electrons. The number of methoxy groups -OCH3 is 1. The molecule has 0 spiro atoms. The second kappa shape index (κ2) is 12.5. The van der Waals surface area contributed by atoms with Gasteiger partial charge in [-0.3, -0.25) is 14.7 Å². The molecule has 2 aliphatic rings. The molecule has 3 heterocycles. The Kier molecular flexibility index (Phi) is 9.37. The van der Waals surface area contributed by atoms with Crippen LogP contribution in [0.1, 0.15) is 43.8 Å². The third-order valence-electron chi connectivity index (χ3n) is 7.01. The number of halogens is 2. The number of carbonyl (C=O) groups excluding carboxylic acids is 1. The number of carbonyl (C=O) groups is 2. The summed E-state index contributed by atoms with van der Waals surface area (Å²) in [4.78, 5) is 36.3. The average Bonchev–Trinajstić information content (AvgIpc) is 3.45. The Hall–Kier alpha value is -2.86. The van der Waals surface area contributed by atoms with E-state index in [1.54, 1.807) is 24.6 Å². The number of esters is 1. The summed E-state index contributed by atoms with van der Waals surface area (Å²) in [7, 11) is 1.28. The zero-order valence-corrected chi connectivity index (χ0v) is 23.8. The van der Waals surface area contributed by atoms with E-state index in [2.05, 4.69) is 15.2 Å². The second-order valence-corrected chi connectivity index (χ2v) is 11.2. The number of benzene rings is 1. The molecule has 39 heavy (non-hydrogen) atoms. The minimum absolute atomic E-state index is 0.133. The Morgan fingerprint density at radius 1 is 1.36 bits per heavy atom. The van der Waals surface area contributed by atoms with Crippen molar-refractivity contribution >= 4 is 40.7 Å². The third-order valence-corrected chi connectivity index (χ3v) is 8.19. The minimum Gasteiger partial charge on any atom is -0.481 e. The highest BCUT2D eigenvalue weighted by atomic mass is 35.5. The van der Waals surface area contributed by atoms with Crippen LogP contribution in [0.25, 0.3) is 0 Å². The maximum Gasteiger partial charge on any atom is 0.338 e. The molecule has 12 heteroatoms. The number of ether oxygens (including phenoxy) is 2. The van der Waals surface area contributed by atoms with Gasteiger partial charge >= 0.3 is 11.9 Å². The Morgan fingerprint density at radius 2 is 2.13 bits per heavy atom. The van der Waals surface area contributed by atoms with Crippen molar-refractivity contribution in [2.45, 2.75) is 45.4 Å². The number of aliphatic carboxylic acids is 1. The van der Waals surface area contributed by atoms with Crippen molar-refractivity contribution in [3.8, 4) is 0 Å². The van der Waals surface area contributed by atoms with Crippen LogP contribution < -0.4 is 5.32 Å². The average molecular weight is 579 g/mol. The van der Waals surface area contributed by atoms with Crippen LogP contribution in [0.15, 0.2) is 46.0 Å². The Bertz CT molecular complexity index is 1270. The number of hydrogen-bond donors (Lipinski definition) is 2. The van der Waals surface area contributed by atoms with Gasteiger partial charge in [-0.1, -0.05) is 44.5 Å². The number of hydrogen-bond acceptors (Lipinski definition) is 9. The van der Waals surface area contributed by atoms with Gasteiger partial charge in [-0.05, 0) is 18.4 Å². The molecule has 9 nitrogen and oxygen atoms in total. The summed E-state index contributed by atoms with van der Waals surface area (Å²) in [6.45, 7) is 6.99. The van der Waals surface area contributed by atoms with Crippen molar-refractivity contribution in [2.75, 3.05) is 26.8 Å². The number of amidine groups is 1. The van der Waals surface area contributed by atoms with Gasteiger partial charge in [-0.2, -0.15) is 0 Å². The van der Waals surface area contributed by atoms with Crippen molar-refractivity contribution in [2.24, 2.45) is 16.8 Å². The standard InChI is InChI=1S/C27H32ClFN4O5S/c1-14(2)23-19(12-15(3)26(34)35)33(9-10-38-23)13-18-20(27(36)37-4)22(16-6-5-7-17(29)21(16)28)32-24(31-18)25-30-8-11-39-25/h5-8,11,14-15,19,22-23H,9-10,12-13H2,1-4H3,(H,31,32)(H,34,35)/t15?,19-,22+,23-/m1/s1. The molecule has 0 radical (unpaired) electrons. The number of nitrogens with zero attached hydrogens (tertiary/aromatic N) is 3. The fourth-order valence-corrected chi connectivity index (χ4v) is 5.87. The van der Waals surface area contributed by atoms with E-state index < -0.39 is 29.7 Å². The first-order valence-electron chi connectivity index (χ1n) is 12.7. The van der Waals surface area contributed by atoms with Gasteiger partial charge in [0.1, 0.15) is 11.9 Å². The first kappa shape index (κ1) is 29.1. The van der Waals surface area contributed by atoms with Gasteiger partial charge in [-0.25, -0.2) is 14.2 Å². The largest absolute Gasteiger partial charge is 0.481 e. The van der Waals surface area contributed by atoms with Crippen LogP contribution >= 0.6 is 22.9 Å². The van der Waals surface area contributed by atoms with Crippen LogP contribution in [-0.4, -0.2) is 71.7 Å². The number of nitrogens with one attached hydrogen (secondary N) is 1. The normalized spacial score (nSPS) is 22.8. The molecule has 1 aromatic heterocycles. The molecule has 0 aliphatic carbocycles. The maximum absolute atomic E-state index is 14.5. The summed E-state index contributed by atoms with van der Waals surface area (Å²) < 4.78 is 25.8. The molecule has 1 unspecified atom stereocenters. The molecule has 1 fully saturated rings. The molecular weight excluding hydrogens is 547 g/mol. The summed E-state index contributed by atoms with van der Waals surface area (Å²) in [5.41, 5.74) is 1.02. The summed E-state index contributed by atoms with van der Waals surface area (Å²) in [5.74, 6) is -2.18. The molecule has 2 aliphatic heterocycles. The van der Waals surface area contributed by atoms with Crippen molar-refractivity contribution < 1.29 is 28.6 Å². The highest BCUT2D eigenvalue weighted by Gasteiger charge is 2.39. The first-order chi connectivity index (χ1) is 18.6. The van der Waals surface area contributed by atoms with Crippen molar-refractivity contribution in [1.29, 1.82) is 0 Å². The van der Waals surface area contributed by atoms with E-state index >= 15 is 0 Å². The third kappa shape index (κ3) is 6.32. The number of thiazole rings is 1. The SMILES string of the molecule is COC(=O)C1=C(CN2CCO[C@H](C(C)C)[C@H]2CC(C)C(=O)O)NC(c2nccs2)=N[C@H]1c1cccc(F)c1Cl. The molecule has 0 saturated carbocycles. The smallest absolute Gasteiger partial charge is 0.338 e. The second-order valence-electron chi connectivity index (χ2n) is 9.96. The van der Waals surface area contributed by atoms with Gasteiger partial charge in [0.25, 0.3) is 0 Å². The van der Waals surface area contributed by atoms with Crippen LogP contribution in [0.5, 0.6) is 0 Å². The number of aromatic nitrogens is 1. The molecule has 4 atom stereocenters. The fourth-order valence-electron chi connectivity index (χ4n) is 5.05. The highest BCUT2D eigenvalue weighted by molar-refractivity contribution is 7.11. The van der Waals surface area contributed by atoms with Crippen LogP contribution in [0.3, 0.4) is 0 Å². The Balaban J connectivity index is 1.81. The van der Waals surface area contributed by atoms with Crippen LogP contribution in [0.4, 0.5) is 4.39 Å². The quantitative estimate of drug-likeness (QED) is 0.424. The molecule has 2 N–H and O–H groups in total. The fraction of sp³-hybridized carbons (Fsp3) is 0.481. The topological polar surface area (TPSA) is 113 Å². The molecule has 0 amide bonds. The van der Waals surface area contributed by atoms with Gasteiger partial charge in [0.15, 0.2) is 10.8 Å². The summed E-state index contributed by atoms with van der Waals surface area (Å²) in [5, 5.41) is 15.2. The highest BCUT2D eigenvalue weighted by Crippen LogP contribution is 2.38. The lowest BCUT2D eigenvalue weighted by Gasteiger charge is -2.44. The van der Waals surface area contributed by atoms with E-state index in [0.717, 1.165) is 0 Å². The van der Waals surface area contributed by atoms with Crippen molar-refractivity contribution in [3.63, 3.8) is 0 Å². The van der Waals surface area contributed by atoms with Crippen LogP contribution in [0.2, 0.25) is 5.02 Å². The Labute approximate surface area is 235 Å². The number of carboxylic acids is 1. The molecular formula is C27H32ClFN4O5S. The lowest BCUT2D eigenvalue weighted by Crippen LogP contribution is -2.55. The first-order valence-corrected chi connectivity index (χ1v) is 14.0. The van der Waals surface area contributed by atoms with E-state index in [1.165, 1.54) is 30.6 Å². The summed E-state index contributed by atoms with van der Waals surface area (Å²) in [6, 6.07) is 3.22. The van der Waals surface area contributed by atoms with Crippen LogP contribution in [-0.2, 0) is 19.1 Å². The monoisotopic (exact) mass is 578 g/mol. The molecule has 1 aromatic carbocycles. The van der Waals surface area contributed by atoms with E-state index in [0.29, 0.717) is 41.7 Å². The number of rotatable bonds is 9. The van der Waals surface area contributed by atoms with Gasteiger partial charge < -0.3 is 19.9 Å². The maximum atomic E-state index is 14.5. The van der Waals surface area contributed by atoms with Gasteiger partial charge in [0.2, 0.25) is 0 Å². The summed E-state index contributed by atoms with van der Waals surface area (Å²) in [6.07, 6.45) is 1.81. The molecule has 1 saturated heterocycles. The molecule has 4 rings (SSSR count). The van der Waals surface area contributed by atoms with E-state index in [9.17, 15) is 19.1 Å². The van der Waals surface area contributed by atoms with Crippen LogP contribution in [0, 0.1) is 17.7 Å². The predicted molar refractivity (Wildman–Crippen MR) is 146 cm³/mol. The zero-order valence-electron chi connectivity index (χ0n) is 22.2. The van der Waals surface area contributed by atoms with E-state index in [1.807, 2.05) is 13.8 Å². The number of aliphatic imine (C=N–C) groups is 1. The minimum atomic E-state index is -0.950. The lowest BCUT2D eigenvalue weighted by molar-refractivity contribution is -0.144. The molecule has 0 bridgehead atoms.